The first-order chi connectivity index (χ1) is 16.5. The maximum atomic E-state index is 12.9. The molecule has 5 rings (SSSR count). The van der Waals surface area contributed by atoms with Gasteiger partial charge in [-0.3, -0.25) is 0 Å². The van der Waals surface area contributed by atoms with Crippen LogP contribution in [0.15, 0.2) is 95.9 Å². The Kier molecular flexibility index (Phi) is 6.26. The van der Waals surface area contributed by atoms with Crippen LogP contribution in [0, 0.1) is 5.92 Å². The lowest BCUT2D eigenvalue weighted by Gasteiger charge is -2.29. The van der Waals surface area contributed by atoms with Crippen molar-refractivity contribution in [3.05, 3.63) is 102 Å². The number of nitrogens with one attached hydrogen (secondary N) is 2. The number of allylic oxidation sites excluding steroid dienone is 4. The molecule has 6 heteroatoms. The van der Waals surface area contributed by atoms with Crippen molar-refractivity contribution in [3.63, 3.8) is 0 Å². The summed E-state index contributed by atoms with van der Waals surface area (Å²) in [4.78, 5) is 0.272. The highest BCUT2D eigenvalue weighted by atomic mass is 32.2. The summed E-state index contributed by atoms with van der Waals surface area (Å²) in [6.45, 7) is 2.68. The number of hydrogen-bond acceptors (Lipinski definition) is 4. The molecular formula is C28H28N2O3S. The second-order valence-corrected chi connectivity index (χ2v) is 10.6. The number of sulfonamides is 1. The van der Waals surface area contributed by atoms with Crippen molar-refractivity contribution in [2.75, 3.05) is 11.9 Å². The molecule has 3 aromatic rings. The van der Waals surface area contributed by atoms with E-state index in [9.17, 15) is 8.42 Å². The molecule has 34 heavy (non-hydrogen) atoms. The fraction of sp³-hybridized carbons (Fsp3) is 0.214. The molecule has 0 saturated heterocycles. The fourth-order valence-electron chi connectivity index (χ4n) is 4.37. The molecule has 0 fully saturated rings. The molecule has 0 saturated carbocycles. The van der Waals surface area contributed by atoms with E-state index in [0.29, 0.717) is 18.9 Å². The Hall–Kier alpha value is -3.35. The molecule has 3 aromatic carbocycles. The maximum absolute atomic E-state index is 12.9. The Bertz CT molecular complexity index is 1330. The van der Waals surface area contributed by atoms with Gasteiger partial charge in [-0.05, 0) is 71.9 Å². The third-order valence-corrected chi connectivity index (χ3v) is 7.71. The van der Waals surface area contributed by atoms with Crippen LogP contribution in [-0.4, -0.2) is 21.0 Å². The van der Waals surface area contributed by atoms with Crippen molar-refractivity contribution in [1.82, 2.24) is 4.72 Å². The minimum atomic E-state index is -3.60. The van der Waals surface area contributed by atoms with Gasteiger partial charge in [0.2, 0.25) is 10.0 Å². The lowest BCUT2D eigenvalue weighted by atomic mass is 9.90. The van der Waals surface area contributed by atoms with Crippen LogP contribution in [0.4, 0.5) is 5.69 Å². The minimum Gasteiger partial charge on any atom is -0.455 e. The minimum absolute atomic E-state index is 0.270. The molecule has 5 nitrogen and oxygen atoms in total. The fourth-order valence-corrected chi connectivity index (χ4v) is 5.63. The van der Waals surface area contributed by atoms with Gasteiger partial charge in [0.25, 0.3) is 0 Å². The molecule has 1 aliphatic heterocycles. The van der Waals surface area contributed by atoms with E-state index in [4.69, 9.17) is 4.74 Å². The number of rotatable bonds is 6. The monoisotopic (exact) mass is 472 g/mol. The standard InChI is InChI=1S/C28H28N2O3S/c1-20-12-14-21(15-13-20)22-16-23-17-24(30-34(31,32)26-10-6-3-7-11-26)19-29-28(23)27(18-22)33-25-8-4-2-5-9-25/h2-12,14-16,18,20,24,29-30H,13,17,19H2,1H3. The SMILES string of the molecule is CC1C=CC(c2cc3c(c(Oc4ccccc4)c2)NCC(NS(=O)(=O)c2ccccc2)C3)=CC1. The van der Waals surface area contributed by atoms with Crippen LogP contribution in [0.25, 0.3) is 5.57 Å². The zero-order valence-corrected chi connectivity index (χ0v) is 19.9. The first kappa shape index (κ1) is 22.4. The first-order valence-corrected chi connectivity index (χ1v) is 13.1. The number of para-hydroxylation sites is 1. The van der Waals surface area contributed by atoms with Crippen molar-refractivity contribution in [1.29, 1.82) is 0 Å². The molecule has 0 bridgehead atoms. The average molecular weight is 473 g/mol. The quantitative estimate of drug-likeness (QED) is 0.478. The number of hydrogen-bond donors (Lipinski definition) is 2. The summed E-state index contributed by atoms with van der Waals surface area (Å²) >= 11 is 0. The number of benzene rings is 3. The van der Waals surface area contributed by atoms with Crippen LogP contribution in [-0.2, 0) is 16.4 Å². The Balaban J connectivity index is 1.47. The van der Waals surface area contributed by atoms with E-state index in [2.05, 4.69) is 47.3 Å². The van der Waals surface area contributed by atoms with E-state index >= 15 is 0 Å². The van der Waals surface area contributed by atoms with Crippen molar-refractivity contribution in [2.45, 2.75) is 30.7 Å². The number of ether oxygens (including phenoxy) is 1. The Labute approximate surface area is 201 Å². The van der Waals surface area contributed by atoms with Crippen molar-refractivity contribution in [2.24, 2.45) is 5.92 Å². The molecular weight excluding hydrogens is 444 g/mol. The second-order valence-electron chi connectivity index (χ2n) is 8.87. The summed E-state index contributed by atoms with van der Waals surface area (Å²) in [6, 6.07) is 22.1. The molecule has 2 unspecified atom stereocenters. The van der Waals surface area contributed by atoms with Gasteiger partial charge >= 0.3 is 0 Å². The highest BCUT2D eigenvalue weighted by Crippen LogP contribution is 2.39. The molecule has 1 heterocycles. The maximum Gasteiger partial charge on any atom is 0.240 e. The number of fused-ring (bicyclic) bond motifs is 1. The zero-order valence-electron chi connectivity index (χ0n) is 19.1. The molecule has 0 radical (unpaired) electrons. The summed E-state index contributed by atoms with van der Waals surface area (Å²) in [5.41, 5.74) is 4.17. The van der Waals surface area contributed by atoms with Crippen LogP contribution in [0.1, 0.15) is 24.5 Å². The highest BCUT2D eigenvalue weighted by molar-refractivity contribution is 7.89. The van der Waals surface area contributed by atoms with Gasteiger partial charge in [-0.2, -0.15) is 0 Å². The summed E-state index contributed by atoms with van der Waals surface area (Å²) < 4.78 is 34.9. The van der Waals surface area contributed by atoms with Crippen molar-refractivity contribution in [3.8, 4) is 11.5 Å². The predicted octanol–water partition coefficient (Wildman–Crippen LogP) is 5.77. The lowest BCUT2D eigenvalue weighted by Crippen LogP contribution is -2.43. The van der Waals surface area contributed by atoms with E-state index in [1.165, 1.54) is 0 Å². The van der Waals surface area contributed by atoms with E-state index in [-0.39, 0.29) is 10.9 Å². The van der Waals surface area contributed by atoms with Gasteiger partial charge in [-0.15, -0.1) is 0 Å². The molecule has 0 aromatic heterocycles. The normalized spacial score (nSPS) is 19.6. The average Bonchev–Trinajstić information content (AvgIpc) is 2.85. The smallest absolute Gasteiger partial charge is 0.240 e. The summed E-state index contributed by atoms with van der Waals surface area (Å²) in [5.74, 6) is 2.04. The van der Waals surface area contributed by atoms with Gasteiger partial charge in [0.05, 0.1) is 10.6 Å². The first-order valence-electron chi connectivity index (χ1n) is 11.6. The van der Waals surface area contributed by atoms with Crippen molar-refractivity contribution < 1.29 is 13.2 Å². The third kappa shape index (κ3) is 4.93. The molecule has 0 amide bonds. The van der Waals surface area contributed by atoms with Gasteiger partial charge in [0.15, 0.2) is 5.75 Å². The van der Waals surface area contributed by atoms with Crippen LogP contribution in [0.2, 0.25) is 0 Å². The molecule has 1 aliphatic carbocycles. The molecule has 2 N–H and O–H groups in total. The zero-order chi connectivity index (χ0) is 23.5. The molecule has 0 spiro atoms. The predicted molar refractivity (Wildman–Crippen MR) is 137 cm³/mol. The van der Waals surface area contributed by atoms with Crippen LogP contribution < -0.4 is 14.8 Å². The van der Waals surface area contributed by atoms with E-state index in [1.54, 1.807) is 24.3 Å². The Morgan fingerprint density at radius 3 is 2.44 bits per heavy atom. The topological polar surface area (TPSA) is 67.4 Å². The molecule has 174 valence electrons. The van der Waals surface area contributed by atoms with Crippen molar-refractivity contribution >= 4 is 21.3 Å². The van der Waals surface area contributed by atoms with Crippen LogP contribution in [0.5, 0.6) is 11.5 Å². The van der Waals surface area contributed by atoms with E-state index in [1.807, 2.05) is 36.4 Å². The molecule has 2 atom stereocenters. The summed E-state index contributed by atoms with van der Waals surface area (Å²) in [5, 5.41) is 3.42. The molecule has 2 aliphatic rings. The Morgan fingerprint density at radius 2 is 1.74 bits per heavy atom. The van der Waals surface area contributed by atoms with Gasteiger partial charge < -0.3 is 10.1 Å². The largest absolute Gasteiger partial charge is 0.455 e. The second kappa shape index (κ2) is 9.49. The van der Waals surface area contributed by atoms with Gasteiger partial charge in [-0.1, -0.05) is 61.5 Å². The third-order valence-electron chi connectivity index (χ3n) is 6.17. The van der Waals surface area contributed by atoms with Crippen LogP contribution >= 0.6 is 0 Å². The van der Waals surface area contributed by atoms with E-state index in [0.717, 1.165) is 40.3 Å². The van der Waals surface area contributed by atoms with Gasteiger partial charge in [0.1, 0.15) is 5.75 Å². The summed E-state index contributed by atoms with van der Waals surface area (Å²) in [6.07, 6.45) is 8.20. The lowest BCUT2D eigenvalue weighted by molar-refractivity contribution is 0.480. The number of anilines is 1. The highest BCUT2D eigenvalue weighted by Gasteiger charge is 2.27. The van der Waals surface area contributed by atoms with E-state index < -0.39 is 10.0 Å². The Morgan fingerprint density at radius 1 is 1.00 bits per heavy atom. The van der Waals surface area contributed by atoms with Gasteiger partial charge in [-0.25, -0.2) is 13.1 Å². The summed E-state index contributed by atoms with van der Waals surface area (Å²) in [7, 11) is -3.60. The van der Waals surface area contributed by atoms with Gasteiger partial charge in [0, 0.05) is 12.6 Å². The van der Waals surface area contributed by atoms with Crippen LogP contribution in [0.3, 0.4) is 0 Å².